The quantitative estimate of drug-likeness (QED) is 0.849. The minimum Gasteiger partial charge on any atom is -0.451 e. The molecule has 1 fully saturated rings. The Kier molecular flexibility index (Phi) is 4.45. The van der Waals surface area contributed by atoms with E-state index in [1.165, 1.54) is 17.0 Å². The van der Waals surface area contributed by atoms with Crippen LogP contribution in [0.4, 0.5) is 4.39 Å². The predicted octanol–water partition coefficient (Wildman–Crippen LogP) is 2.73. The lowest BCUT2D eigenvalue weighted by Crippen LogP contribution is -2.40. The van der Waals surface area contributed by atoms with Gasteiger partial charge in [-0.05, 0) is 37.6 Å². The lowest BCUT2D eigenvalue weighted by Gasteiger charge is -2.25. The van der Waals surface area contributed by atoms with Crippen LogP contribution in [0.5, 0.6) is 0 Å². The molecule has 1 amide bonds. The van der Waals surface area contributed by atoms with Gasteiger partial charge in [0.2, 0.25) is 0 Å². The molecule has 7 heteroatoms. The first-order valence-corrected chi connectivity index (χ1v) is 9.59. The highest BCUT2D eigenvalue weighted by molar-refractivity contribution is 7.91. The Bertz CT molecular complexity index is 859. The molecular formula is C17H18FNO4S. The summed E-state index contributed by atoms with van der Waals surface area (Å²) < 4.78 is 42.6. The summed E-state index contributed by atoms with van der Waals surface area (Å²) in [5.74, 6) is -0.374. The summed E-state index contributed by atoms with van der Waals surface area (Å²) in [5.41, 5.74) is 0.281. The summed E-state index contributed by atoms with van der Waals surface area (Å²) in [5, 5.41) is 0. The van der Waals surface area contributed by atoms with E-state index in [1.807, 2.05) is 0 Å². The van der Waals surface area contributed by atoms with Gasteiger partial charge in [0.05, 0.1) is 17.1 Å². The molecular weight excluding hydrogens is 333 g/mol. The number of hydrogen-bond donors (Lipinski definition) is 0. The van der Waals surface area contributed by atoms with Crippen molar-refractivity contribution in [2.75, 3.05) is 18.1 Å². The van der Waals surface area contributed by atoms with E-state index >= 15 is 0 Å². The molecule has 0 saturated carbocycles. The van der Waals surface area contributed by atoms with E-state index in [-0.39, 0.29) is 40.5 Å². The number of sulfone groups is 1. The van der Waals surface area contributed by atoms with E-state index in [0.29, 0.717) is 13.0 Å². The van der Waals surface area contributed by atoms with Crippen molar-refractivity contribution in [3.8, 4) is 11.3 Å². The maximum atomic E-state index is 13.8. The van der Waals surface area contributed by atoms with Gasteiger partial charge in [-0.2, -0.15) is 0 Å². The molecule has 0 aliphatic carbocycles. The summed E-state index contributed by atoms with van der Waals surface area (Å²) in [7, 11) is -3.08. The van der Waals surface area contributed by atoms with Crippen molar-refractivity contribution in [3.05, 3.63) is 48.0 Å². The molecule has 1 aliphatic rings. The van der Waals surface area contributed by atoms with Crippen molar-refractivity contribution >= 4 is 15.7 Å². The molecule has 5 nitrogen and oxygen atoms in total. The molecule has 128 valence electrons. The Morgan fingerprint density at radius 1 is 1.29 bits per heavy atom. The lowest BCUT2D eigenvalue weighted by molar-refractivity contribution is 0.0676. The molecule has 2 heterocycles. The first-order valence-electron chi connectivity index (χ1n) is 7.77. The molecule has 1 saturated heterocycles. The molecule has 1 aliphatic heterocycles. The van der Waals surface area contributed by atoms with Crippen molar-refractivity contribution in [1.82, 2.24) is 4.90 Å². The smallest absolute Gasteiger partial charge is 0.289 e. The monoisotopic (exact) mass is 351 g/mol. The highest BCUT2D eigenvalue weighted by Gasteiger charge is 2.35. The second-order valence-corrected chi connectivity index (χ2v) is 8.02. The minimum absolute atomic E-state index is 0.0204. The molecule has 3 rings (SSSR count). The Labute approximate surface area is 140 Å². The largest absolute Gasteiger partial charge is 0.451 e. The molecule has 0 radical (unpaired) electrons. The topological polar surface area (TPSA) is 67.6 Å². The molecule has 1 aromatic heterocycles. The fourth-order valence-corrected chi connectivity index (χ4v) is 4.72. The standard InChI is InChI=1S/C17H18FNO4S/c1-2-19(12-9-10-24(21,22)11-12)17(20)16-8-7-15(23-16)13-5-3-4-6-14(13)18/h3-8,12H,2,9-11H2,1H3. The van der Waals surface area contributed by atoms with Crippen LogP contribution in [0.2, 0.25) is 0 Å². The van der Waals surface area contributed by atoms with E-state index in [1.54, 1.807) is 31.2 Å². The van der Waals surface area contributed by atoms with Crippen LogP contribution in [0, 0.1) is 5.82 Å². The van der Waals surface area contributed by atoms with Crippen molar-refractivity contribution in [1.29, 1.82) is 0 Å². The predicted molar refractivity (Wildman–Crippen MR) is 87.9 cm³/mol. The molecule has 1 aromatic carbocycles. The number of hydrogen-bond acceptors (Lipinski definition) is 4. The third kappa shape index (κ3) is 3.21. The van der Waals surface area contributed by atoms with Crippen molar-refractivity contribution in [3.63, 3.8) is 0 Å². The first-order chi connectivity index (χ1) is 11.4. The van der Waals surface area contributed by atoms with Crippen molar-refractivity contribution in [2.24, 2.45) is 0 Å². The summed E-state index contributed by atoms with van der Waals surface area (Å²) >= 11 is 0. The van der Waals surface area contributed by atoms with Gasteiger partial charge in [-0.1, -0.05) is 12.1 Å². The van der Waals surface area contributed by atoms with Gasteiger partial charge in [0.25, 0.3) is 5.91 Å². The Morgan fingerprint density at radius 2 is 2.04 bits per heavy atom. The van der Waals surface area contributed by atoms with Gasteiger partial charge in [0.1, 0.15) is 11.6 Å². The number of halogens is 1. The maximum absolute atomic E-state index is 13.8. The average Bonchev–Trinajstić information content (AvgIpc) is 3.15. The Hall–Kier alpha value is -2.15. The molecule has 0 bridgehead atoms. The second-order valence-electron chi connectivity index (χ2n) is 5.79. The molecule has 1 atom stereocenters. The fraction of sp³-hybridized carbons (Fsp3) is 0.353. The number of carbonyl (C=O) groups is 1. The van der Waals surface area contributed by atoms with Crippen LogP contribution < -0.4 is 0 Å². The van der Waals surface area contributed by atoms with E-state index in [9.17, 15) is 17.6 Å². The second kappa shape index (κ2) is 6.39. The van der Waals surface area contributed by atoms with E-state index in [0.717, 1.165) is 0 Å². The van der Waals surface area contributed by atoms with E-state index in [4.69, 9.17) is 4.42 Å². The third-order valence-electron chi connectivity index (χ3n) is 4.21. The minimum atomic E-state index is -3.08. The van der Waals surface area contributed by atoms with Crippen LogP contribution in [0.15, 0.2) is 40.8 Å². The fourth-order valence-electron chi connectivity index (χ4n) is 2.99. The highest BCUT2D eigenvalue weighted by atomic mass is 32.2. The number of rotatable bonds is 4. The molecule has 0 N–H and O–H groups in total. The summed E-state index contributed by atoms with van der Waals surface area (Å²) in [6.07, 6.45) is 0.433. The molecule has 24 heavy (non-hydrogen) atoms. The number of carbonyl (C=O) groups excluding carboxylic acids is 1. The summed E-state index contributed by atoms with van der Waals surface area (Å²) in [6.45, 7) is 2.18. The van der Waals surface area contributed by atoms with Gasteiger partial charge in [0.15, 0.2) is 15.6 Å². The highest BCUT2D eigenvalue weighted by Crippen LogP contribution is 2.26. The van der Waals surface area contributed by atoms with Crippen LogP contribution in [0.3, 0.4) is 0 Å². The van der Waals surface area contributed by atoms with Crippen LogP contribution in [0.25, 0.3) is 11.3 Å². The van der Waals surface area contributed by atoms with Gasteiger partial charge in [-0.3, -0.25) is 4.79 Å². The van der Waals surface area contributed by atoms with Crippen LogP contribution in [-0.2, 0) is 9.84 Å². The van der Waals surface area contributed by atoms with Crippen molar-refractivity contribution in [2.45, 2.75) is 19.4 Å². The van der Waals surface area contributed by atoms with E-state index in [2.05, 4.69) is 0 Å². The van der Waals surface area contributed by atoms with Gasteiger partial charge < -0.3 is 9.32 Å². The maximum Gasteiger partial charge on any atom is 0.289 e. The molecule has 0 spiro atoms. The number of amides is 1. The number of benzene rings is 1. The van der Waals surface area contributed by atoms with Gasteiger partial charge in [0, 0.05) is 12.6 Å². The zero-order chi connectivity index (χ0) is 17.3. The first kappa shape index (κ1) is 16.7. The van der Waals surface area contributed by atoms with Crippen LogP contribution >= 0.6 is 0 Å². The number of furan rings is 1. The van der Waals surface area contributed by atoms with Gasteiger partial charge in [-0.15, -0.1) is 0 Å². The van der Waals surface area contributed by atoms with Crippen molar-refractivity contribution < 1.29 is 22.0 Å². The Balaban J connectivity index is 1.84. The zero-order valence-corrected chi connectivity index (χ0v) is 14.1. The normalized spacial score (nSPS) is 19.3. The SMILES string of the molecule is CCN(C(=O)c1ccc(-c2ccccc2F)o1)C1CCS(=O)(=O)C1. The zero-order valence-electron chi connectivity index (χ0n) is 13.2. The Morgan fingerprint density at radius 3 is 2.67 bits per heavy atom. The third-order valence-corrected chi connectivity index (χ3v) is 5.96. The summed E-state index contributed by atoms with van der Waals surface area (Å²) in [4.78, 5) is 14.2. The summed E-state index contributed by atoms with van der Waals surface area (Å²) in [6, 6.07) is 8.86. The van der Waals surface area contributed by atoms with Gasteiger partial charge >= 0.3 is 0 Å². The van der Waals surface area contributed by atoms with Crippen LogP contribution in [0.1, 0.15) is 23.9 Å². The average molecular weight is 351 g/mol. The number of nitrogens with zero attached hydrogens (tertiary/aromatic N) is 1. The van der Waals surface area contributed by atoms with E-state index < -0.39 is 15.7 Å². The van der Waals surface area contributed by atoms with Gasteiger partial charge in [-0.25, -0.2) is 12.8 Å². The lowest BCUT2D eigenvalue weighted by atomic mass is 10.1. The molecule has 2 aromatic rings. The van der Waals surface area contributed by atoms with Crippen LogP contribution in [-0.4, -0.2) is 43.3 Å². The molecule has 1 unspecified atom stereocenters.